The number of rotatable bonds is 2. The fraction of sp³-hybridized carbons (Fsp3) is 0.667. The number of nitrogens with one attached hydrogen (secondary N) is 1. The smallest absolute Gasteiger partial charge is 0.229 e. The maximum Gasteiger partial charge on any atom is 0.229 e. The van der Waals surface area contributed by atoms with Crippen LogP contribution < -0.4 is 5.32 Å². The maximum absolute atomic E-state index is 11.2. The monoisotopic (exact) mass is 169 g/mol. The van der Waals surface area contributed by atoms with Crippen molar-refractivity contribution in [1.82, 2.24) is 5.32 Å². The van der Waals surface area contributed by atoms with Crippen LogP contribution in [0.25, 0.3) is 0 Å². The standard InChI is InChI=1S/C9H15NO2/c1-4-6-8(11)7(5(2)3)10-9(6)12/h4-8,11H,1H2,2-3H3,(H,10,12). The quantitative estimate of drug-likeness (QED) is 0.584. The van der Waals surface area contributed by atoms with E-state index in [0.29, 0.717) is 0 Å². The molecule has 12 heavy (non-hydrogen) atoms. The van der Waals surface area contributed by atoms with Gasteiger partial charge in [-0.1, -0.05) is 19.9 Å². The molecule has 3 heteroatoms. The van der Waals surface area contributed by atoms with Gasteiger partial charge in [-0.05, 0) is 5.92 Å². The summed E-state index contributed by atoms with van der Waals surface area (Å²) in [4.78, 5) is 11.2. The zero-order chi connectivity index (χ0) is 9.30. The van der Waals surface area contributed by atoms with Crippen molar-refractivity contribution in [1.29, 1.82) is 0 Å². The van der Waals surface area contributed by atoms with E-state index in [9.17, 15) is 9.90 Å². The second-order valence-corrected chi connectivity index (χ2v) is 3.53. The fourth-order valence-corrected chi connectivity index (χ4v) is 1.53. The molecule has 0 radical (unpaired) electrons. The molecule has 1 saturated heterocycles. The van der Waals surface area contributed by atoms with E-state index in [0.717, 1.165) is 0 Å². The molecule has 0 aliphatic carbocycles. The average Bonchev–Trinajstić information content (AvgIpc) is 2.27. The van der Waals surface area contributed by atoms with Gasteiger partial charge in [0.25, 0.3) is 0 Å². The lowest BCUT2D eigenvalue weighted by Crippen LogP contribution is -2.36. The zero-order valence-electron chi connectivity index (χ0n) is 7.45. The van der Waals surface area contributed by atoms with Crippen LogP contribution in [0.3, 0.4) is 0 Å². The molecule has 0 saturated carbocycles. The highest BCUT2D eigenvalue weighted by molar-refractivity contribution is 5.84. The number of aliphatic hydroxyl groups excluding tert-OH is 1. The first-order valence-electron chi connectivity index (χ1n) is 4.19. The molecule has 1 aliphatic heterocycles. The Kier molecular flexibility index (Phi) is 2.52. The summed E-state index contributed by atoms with van der Waals surface area (Å²) in [7, 11) is 0. The van der Waals surface area contributed by atoms with Crippen LogP contribution in [0.4, 0.5) is 0 Å². The summed E-state index contributed by atoms with van der Waals surface area (Å²) in [6, 6.07) is -0.125. The van der Waals surface area contributed by atoms with Crippen molar-refractivity contribution in [2.45, 2.75) is 26.0 Å². The second-order valence-electron chi connectivity index (χ2n) is 3.53. The minimum Gasteiger partial charge on any atom is -0.390 e. The summed E-state index contributed by atoms with van der Waals surface area (Å²) in [5.41, 5.74) is 0. The third kappa shape index (κ3) is 1.37. The Morgan fingerprint density at radius 1 is 1.67 bits per heavy atom. The molecule has 3 nitrogen and oxygen atoms in total. The predicted molar refractivity (Wildman–Crippen MR) is 46.5 cm³/mol. The van der Waals surface area contributed by atoms with E-state index in [2.05, 4.69) is 11.9 Å². The van der Waals surface area contributed by atoms with Crippen LogP contribution in [0.2, 0.25) is 0 Å². The average molecular weight is 169 g/mol. The molecule has 1 aliphatic rings. The SMILES string of the molecule is C=CC1C(=O)NC(C(C)C)C1O. The first kappa shape index (κ1) is 9.26. The van der Waals surface area contributed by atoms with Crippen molar-refractivity contribution in [2.75, 3.05) is 0 Å². The highest BCUT2D eigenvalue weighted by atomic mass is 16.3. The number of carbonyl (C=O) groups is 1. The minimum absolute atomic E-state index is 0.115. The molecule has 0 spiro atoms. The zero-order valence-corrected chi connectivity index (χ0v) is 7.45. The van der Waals surface area contributed by atoms with E-state index in [-0.39, 0.29) is 17.9 Å². The Morgan fingerprint density at radius 3 is 2.50 bits per heavy atom. The summed E-state index contributed by atoms with van der Waals surface area (Å²) >= 11 is 0. The van der Waals surface area contributed by atoms with Crippen LogP contribution in [-0.2, 0) is 4.79 Å². The van der Waals surface area contributed by atoms with E-state index in [1.807, 2.05) is 13.8 Å². The van der Waals surface area contributed by atoms with Crippen LogP contribution in [0.5, 0.6) is 0 Å². The lowest BCUT2D eigenvalue weighted by atomic mass is 9.94. The molecule has 1 fully saturated rings. The Bertz CT molecular complexity index is 201. The predicted octanol–water partition coefficient (Wildman–Crippen LogP) is 0.304. The largest absolute Gasteiger partial charge is 0.390 e. The van der Waals surface area contributed by atoms with Gasteiger partial charge in [-0.15, -0.1) is 6.58 Å². The summed E-state index contributed by atoms with van der Waals surface area (Å²) in [6.07, 6.45) is 0.887. The first-order valence-corrected chi connectivity index (χ1v) is 4.19. The van der Waals surface area contributed by atoms with Crippen molar-refractivity contribution >= 4 is 5.91 Å². The molecule has 1 rings (SSSR count). The van der Waals surface area contributed by atoms with Crippen LogP contribution in [0.1, 0.15) is 13.8 Å². The van der Waals surface area contributed by atoms with Gasteiger partial charge in [0.1, 0.15) is 0 Å². The van der Waals surface area contributed by atoms with Gasteiger partial charge in [0.2, 0.25) is 5.91 Å². The van der Waals surface area contributed by atoms with Crippen molar-refractivity contribution in [3.05, 3.63) is 12.7 Å². The normalized spacial score (nSPS) is 35.3. The molecule has 2 N–H and O–H groups in total. The number of hydrogen-bond acceptors (Lipinski definition) is 2. The van der Waals surface area contributed by atoms with Gasteiger partial charge in [-0.25, -0.2) is 0 Å². The molecule has 1 amide bonds. The molecule has 0 aromatic heterocycles. The minimum atomic E-state index is -0.616. The number of carbonyl (C=O) groups excluding carboxylic acids is 1. The van der Waals surface area contributed by atoms with Gasteiger partial charge in [-0.2, -0.15) is 0 Å². The van der Waals surface area contributed by atoms with Gasteiger partial charge < -0.3 is 10.4 Å². The Hall–Kier alpha value is -0.830. The molecule has 0 bridgehead atoms. The van der Waals surface area contributed by atoms with E-state index in [4.69, 9.17) is 0 Å². The van der Waals surface area contributed by atoms with Crippen LogP contribution >= 0.6 is 0 Å². The van der Waals surface area contributed by atoms with E-state index < -0.39 is 12.0 Å². The highest BCUT2D eigenvalue weighted by Gasteiger charge is 2.40. The molecule has 0 aromatic carbocycles. The van der Waals surface area contributed by atoms with E-state index in [1.54, 1.807) is 0 Å². The molecule has 68 valence electrons. The van der Waals surface area contributed by atoms with Gasteiger partial charge in [0.05, 0.1) is 18.1 Å². The molecule has 1 heterocycles. The molecular formula is C9H15NO2. The summed E-state index contributed by atoms with van der Waals surface area (Å²) in [6.45, 7) is 7.46. The second kappa shape index (κ2) is 3.27. The van der Waals surface area contributed by atoms with Crippen molar-refractivity contribution in [2.24, 2.45) is 11.8 Å². The lowest BCUT2D eigenvalue weighted by molar-refractivity contribution is -0.122. The lowest BCUT2D eigenvalue weighted by Gasteiger charge is -2.18. The van der Waals surface area contributed by atoms with Gasteiger partial charge in [0.15, 0.2) is 0 Å². The van der Waals surface area contributed by atoms with Crippen molar-refractivity contribution < 1.29 is 9.90 Å². The molecule has 0 aromatic rings. The third-order valence-electron chi connectivity index (χ3n) is 2.32. The third-order valence-corrected chi connectivity index (χ3v) is 2.32. The number of amides is 1. The van der Waals surface area contributed by atoms with E-state index in [1.165, 1.54) is 6.08 Å². The van der Waals surface area contributed by atoms with E-state index >= 15 is 0 Å². The first-order chi connectivity index (χ1) is 5.57. The summed E-state index contributed by atoms with van der Waals surface area (Å²) in [5, 5.41) is 12.4. The van der Waals surface area contributed by atoms with Crippen LogP contribution in [-0.4, -0.2) is 23.2 Å². The summed E-state index contributed by atoms with van der Waals surface area (Å²) in [5.74, 6) is -0.289. The van der Waals surface area contributed by atoms with Crippen molar-refractivity contribution in [3.63, 3.8) is 0 Å². The van der Waals surface area contributed by atoms with Gasteiger partial charge in [-0.3, -0.25) is 4.79 Å². The Morgan fingerprint density at radius 2 is 2.25 bits per heavy atom. The maximum atomic E-state index is 11.2. The van der Waals surface area contributed by atoms with Crippen LogP contribution in [0, 0.1) is 11.8 Å². The number of hydrogen-bond donors (Lipinski definition) is 2. The Labute approximate surface area is 72.5 Å². The van der Waals surface area contributed by atoms with Gasteiger partial charge in [0, 0.05) is 0 Å². The van der Waals surface area contributed by atoms with Gasteiger partial charge >= 0.3 is 0 Å². The fourth-order valence-electron chi connectivity index (χ4n) is 1.53. The molecule has 3 atom stereocenters. The van der Waals surface area contributed by atoms with Crippen molar-refractivity contribution in [3.8, 4) is 0 Å². The summed E-state index contributed by atoms with van der Waals surface area (Å²) < 4.78 is 0. The Balaban J connectivity index is 2.74. The molecule has 3 unspecified atom stereocenters. The number of aliphatic hydroxyl groups is 1. The topological polar surface area (TPSA) is 49.3 Å². The van der Waals surface area contributed by atoms with Crippen LogP contribution in [0.15, 0.2) is 12.7 Å². The molecular weight excluding hydrogens is 154 g/mol. The highest BCUT2D eigenvalue weighted by Crippen LogP contribution is 2.22.